The maximum absolute atomic E-state index is 12.6. The highest BCUT2D eigenvalue weighted by molar-refractivity contribution is 7.47. The minimum atomic E-state index is -4.71. The fraction of sp³-hybridized carbons (Fsp3) is 0.833. The van der Waals surface area contributed by atoms with Gasteiger partial charge in [-0.3, -0.25) is 23.4 Å². The third kappa shape index (κ3) is 36.9. The molecule has 0 bridgehead atoms. The standard InChI is InChI=1S/C42H78NO10P/c1-3-5-7-9-11-13-15-17-18-19-20-22-23-25-27-29-31-33-40(44)50-35-38(36-51-54(48,49)52-37-39(43)42(46)47)53-41(45)34-32-30-28-26-24-21-16-14-12-10-8-6-4-2/h13-16,38-39H,3-12,17-37,43H2,1-2H3,(H,46,47)(H,48,49)/b15-13+,16-14+/t38-,39+/m1/s1. The largest absolute Gasteiger partial charge is 0.480 e. The van der Waals surface area contributed by atoms with E-state index in [-0.39, 0.29) is 19.4 Å². The molecule has 0 rings (SSSR count). The van der Waals surface area contributed by atoms with Gasteiger partial charge in [0, 0.05) is 12.8 Å². The molecule has 1 unspecified atom stereocenters. The van der Waals surface area contributed by atoms with E-state index in [2.05, 4.69) is 42.7 Å². The molecule has 0 aliphatic heterocycles. The Morgan fingerprint density at radius 2 is 0.926 bits per heavy atom. The Labute approximate surface area is 328 Å². The number of nitrogens with two attached hydrogens (primary N) is 1. The van der Waals surface area contributed by atoms with Crippen LogP contribution >= 0.6 is 7.82 Å². The van der Waals surface area contributed by atoms with Crippen molar-refractivity contribution < 1.29 is 47.5 Å². The van der Waals surface area contributed by atoms with E-state index in [1.165, 1.54) is 96.3 Å². The maximum atomic E-state index is 12.6. The number of unbranched alkanes of at least 4 members (excludes halogenated alkanes) is 22. The van der Waals surface area contributed by atoms with Crippen molar-refractivity contribution in [1.82, 2.24) is 0 Å². The third-order valence-electron chi connectivity index (χ3n) is 9.17. The van der Waals surface area contributed by atoms with Crippen LogP contribution in [0.5, 0.6) is 0 Å². The second kappa shape index (κ2) is 37.9. The molecule has 54 heavy (non-hydrogen) atoms. The summed E-state index contributed by atoms with van der Waals surface area (Å²) in [5.74, 6) is -2.39. The first-order valence-corrected chi connectivity index (χ1v) is 22.9. The molecule has 0 aliphatic rings. The van der Waals surface area contributed by atoms with Crippen LogP contribution in [0, 0.1) is 0 Å². The second-order valence-electron chi connectivity index (χ2n) is 14.5. The van der Waals surface area contributed by atoms with Gasteiger partial charge in [-0.05, 0) is 64.2 Å². The van der Waals surface area contributed by atoms with Gasteiger partial charge in [0.25, 0.3) is 0 Å². The normalized spacial score (nSPS) is 14.0. The number of esters is 2. The van der Waals surface area contributed by atoms with E-state index < -0.39 is 51.1 Å². The Balaban J connectivity index is 4.35. The minimum absolute atomic E-state index is 0.152. The third-order valence-corrected chi connectivity index (χ3v) is 10.1. The van der Waals surface area contributed by atoms with E-state index in [0.717, 1.165) is 57.8 Å². The number of aliphatic carboxylic acids is 1. The van der Waals surface area contributed by atoms with E-state index in [4.69, 9.17) is 24.8 Å². The summed E-state index contributed by atoms with van der Waals surface area (Å²) in [5, 5.41) is 8.88. The predicted molar refractivity (Wildman–Crippen MR) is 217 cm³/mol. The molecule has 0 aliphatic carbocycles. The van der Waals surface area contributed by atoms with Gasteiger partial charge < -0.3 is 25.2 Å². The smallest absolute Gasteiger partial charge is 0.472 e. The van der Waals surface area contributed by atoms with E-state index in [0.29, 0.717) is 12.8 Å². The molecule has 0 aromatic heterocycles. The monoisotopic (exact) mass is 788 g/mol. The molecule has 4 N–H and O–H groups in total. The molecule has 3 atom stereocenters. The minimum Gasteiger partial charge on any atom is -0.480 e. The maximum Gasteiger partial charge on any atom is 0.472 e. The van der Waals surface area contributed by atoms with Crippen molar-refractivity contribution in [2.24, 2.45) is 5.73 Å². The highest BCUT2D eigenvalue weighted by Gasteiger charge is 2.28. The van der Waals surface area contributed by atoms with Gasteiger partial charge in [-0.25, -0.2) is 4.57 Å². The first-order chi connectivity index (χ1) is 26.1. The van der Waals surface area contributed by atoms with Crippen LogP contribution in [0.25, 0.3) is 0 Å². The van der Waals surface area contributed by atoms with Gasteiger partial charge in [0.2, 0.25) is 0 Å². The molecular weight excluding hydrogens is 709 g/mol. The van der Waals surface area contributed by atoms with E-state index >= 15 is 0 Å². The van der Waals surface area contributed by atoms with Gasteiger partial charge >= 0.3 is 25.7 Å². The summed E-state index contributed by atoms with van der Waals surface area (Å²) in [6.07, 6.45) is 38.1. The zero-order chi connectivity index (χ0) is 40.0. The number of hydrogen-bond acceptors (Lipinski definition) is 9. The molecule has 0 saturated carbocycles. The van der Waals surface area contributed by atoms with Crippen molar-refractivity contribution in [3.8, 4) is 0 Å². The number of rotatable bonds is 40. The Morgan fingerprint density at radius 3 is 1.35 bits per heavy atom. The average Bonchev–Trinajstić information content (AvgIpc) is 3.14. The molecule has 0 amide bonds. The van der Waals surface area contributed by atoms with Crippen molar-refractivity contribution in [3.05, 3.63) is 24.3 Å². The molecule has 0 saturated heterocycles. The average molecular weight is 788 g/mol. The van der Waals surface area contributed by atoms with Crippen molar-refractivity contribution in [1.29, 1.82) is 0 Å². The van der Waals surface area contributed by atoms with Crippen LogP contribution in [-0.2, 0) is 37.5 Å². The number of carbonyl (C=O) groups excluding carboxylic acids is 2. The summed E-state index contributed by atoms with van der Waals surface area (Å²) in [6.45, 7) is 2.77. The number of phosphoric ester groups is 1. The Kier molecular flexibility index (Phi) is 36.4. The fourth-order valence-corrected chi connectivity index (χ4v) is 6.54. The lowest BCUT2D eigenvalue weighted by Crippen LogP contribution is -2.34. The number of ether oxygens (including phenoxy) is 2. The molecule has 0 heterocycles. The molecular formula is C42H78NO10P. The number of hydrogen-bond donors (Lipinski definition) is 3. The van der Waals surface area contributed by atoms with Crippen LogP contribution in [0.4, 0.5) is 0 Å². The number of carbonyl (C=O) groups is 3. The van der Waals surface area contributed by atoms with Gasteiger partial charge in [-0.15, -0.1) is 0 Å². The summed E-state index contributed by atoms with van der Waals surface area (Å²) < 4.78 is 32.6. The van der Waals surface area contributed by atoms with Crippen LogP contribution < -0.4 is 5.73 Å². The molecule has 316 valence electrons. The Bertz CT molecular complexity index is 1020. The summed E-state index contributed by atoms with van der Waals surface area (Å²) in [7, 11) is -4.71. The van der Waals surface area contributed by atoms with Crippen molar-refractivity contribution in [2.75, 3.05) is 19.8 Å². The highest BCUT2D eigenvalue weighted by Crippen LogP contribution is 2.43. The number of phosphoric acid groups is 1. The number of carboxylic acids is 1. The van der Waals surface area contributed by atoms with Gasteiger partial charge in [0.1, 0.15) is 12.6 Å². The summed E-state index contributed by atoms with van der Waals surface area (Å²) in [5.41, 5.74) is 5.33. The Morgan fingerprint density at radius 1 is 0.556 bits per heavy atom. The van der Waals surface area contributed by atoms with Gasteiger partial charge in [-0.2, -0.15) is 0 Å². The summed E-state index contributed by atoms with van der Waals surface area (Å²) in [6, 6.07) is -1.52. The van der Waals surface area contributed by atoms with Gasteiger partial charge in [0.05, 0.1) is 13.2 Å². The molecule has 12 heteroatoms. The lowest BCUT2D eigenvalue weighted by Gasteiger charge is -2.20. The van der Waals surface area contributed by atoms with Crippen molar-refractivity contribution in [2.45, 2.75) is 206 Å². The molecule has 0 radical (unpaired) electrons. The molecule has 0 fully saturated rings. The Hall–Kier alpha value is -2.04. The molecule has 0 spiro atoms. The van der Waals surface area contributed by atoms with Crippen LogP contribution in [0.15, 0.2) is 24.3 Å². The quantitative estimate of drug-likeness (QED) is 0.0233. The zero-order valence-electron chi connectivity index (χ0n) is 34.1. The van der Waals surface area contributed by atoms with Crippen molar-refractivity contribution in [3.63, 3.8) is 0 Å². The molecule has 11 nitrogen and oxygen atoms in total. The molecule has 0 aromatic carbocycles. The second-order valence-corrected chi connectivity index (χ2v) is 15.9. The van der Waals surface area contributed by atoms with E-state index in [1.54, 1.807) is 0 Å². The van der Waals surface area contributed by atoms with E-state index in [9.17, 15) is 23.8 Å². The summed E-state index contributed by atoms with van der Waals surface area (Å²) in [4.78, 5) is 45.9. The highest BCUT2D eigenvalue weighted by atomic mass is 31.2. The lowest BCUT2D eigenvalue weighted by molar-refractivity contribution is -0.161. The number of carboxylic acid groups (broad SMARTS) is 1. The van der Waals surface area contributed by atoms with E-state index in [1.807, 2.05) is 0 Å². The van der Waals surface area contributed by atoms with Crippen molar-refractivity contribution >= 4 is 25.7 Å². The van der Waals surface area contributed by atoms with Gasteiger partial charge in [0.15, 0.2) is 6.10 Å². The first kappa shape index (κ1) is 52.0. The lowest BCUT2D eigenvalue weighted by atomic mass is 10.1. The first-order valence-electron chi connectivity index (χ1n) is 21.4. The predicted octanol–water partition coefficient (Wildman–Crippen LogP) is 11.1. The van der Waals surface area contributed by atoms with Crippen LogP contribution in [0.3, 0.4) is 0 Å². The van der Waals surface area contributed by atoms with Crippen LogP contribution in [0.2, 0.25) is 0 Å². The van der Waals surface area contributed by atoms with Gasteiger partial charge in [-0.1, -0.05) is 141 Å². The summed E-state index contributed by atoms with van der Waals surface area (Å²) >= 11 is 0. The SMILES string of the molecule is CCCCCC/C=C/CCCCCCCCCCCC(=O)OC[C@H](COP(=O)(O)OC[C@H](N)C(=O)O)OC(=O)CCCCCCC/C=C/CCCCCC. The zero-order valence-corrected chi connectivity index (χ0v) is 35.0. The topological polar surface area (TPSA) is 172 Å². The van der Waals surface area contributed by atoms with Crippen LogP contribution in [0.1, 0.15) is 194 Å². The van der Waals surface area contributed by atoms with Crippen LogP contribution in [-0.4, -0.2) is 59.9 Å². The molecule has 0 aromatic rings. The fourth-order valence-electron chi connectivity index (χ4n) is 5.76. The number of allylic oxidation sites excluding steroid dienone is 4.